The Morgan fingerprint density at radius 1 is 1.33 bits per heavy atom. The van der Waals surface area contributed by atoms with Gasteiger partial charge in [0, 0.05) is 6.42 Å². The van der Waals surface area contributed by atoms with E-state index in [1.807, 2.05) is 19.1 Å². The number of ether oxygens (including phenoxy) is 1. The maximum Gasteiger partial charge on any atom is 0.264 e. The predicted octanol–water partition coefficient (Wildman–Crippen LogP) is 4.33. The highest BCUT2D eigenvalue weighted by Crippen LogP contribution is 2.24. The molecule has 24 heavy (non-hydrogen) atoms. The minimum absolute atomic E-state index is 0.0355. The first kappa shape index (κ1) is 18.4. The molecule has 0 saturated carbocycles. The number of amides is 1. The molecule has 0 atom stereocenters. The van der Waals surface area contributed by atoms with Gasteiger partial charge in [0.2, 0.25) is 5.13 Å². The van der Waals surface area contributed by atoms with Crippen LogP contribution >= 0.6 is 11.3 Å². The zero-order valence-corrected chi connectivity index (χ0v) is 15.6. The normalized spacial score (nSPS) is 10.9. The van der Waals surface area contributed by atoms with Crippen LogP contribution in [0.25, 0.3) is 0 Å². The third-order valence-electron chi connectivity index (χ3n) is 3.70. The average Bonchev–Trinajstić information content (AvgIpc) is 2.99. The number of aromatic nitrogens is 2. The van der Waals surface area contributed by atoms with Crippen LogP contribution in [0, 0.1) is 6.92 Å². The first-order valence-electron chi connectivity index (χ1n) is 8.35. The molecule has 0 aliphatic rings. The molecule has 1 N–H and O–H groups in total. The lowest BCUT2D eigenvalue weighted by atomic mass is 10.0. The molecule has 0 aliphatic heterocycles. The Kier molecular flexibility index (Phi) is 6.73. The summed E-state index contributed by atoms with van der Waals surface area (Å²) < 4.78 is 5.68. The van der Waals surface area contributed by atoms with Crippen LogP contribution in [0.1, 0.15) is 55.7 Å². The van der Waals surface area contributed by atoms with Gasteiger partial charge >= 0.3 is 0 Å². The summed E-state index contributed by atoms with van der Waals surface area (Å²) in [6, 6.07) is 6.11. The molecule has 0 bridgehead atoms. The molecule has 1 aromatic carbocycles. The summed E-state index contributed by atoms with van der Waals surface area (Å²) in [7, 11) is 0. The second-order valence-electron chi connectivity index (χ2n) is 6.12. The van der Waals surface area contributed by atoms with Crippen LogP contribution in [-0.4, -0.2) is 22.7 Å². The molecule has 0 aliphatic carbocycles. The van der Waals surface area contributed by atoms with E-state index in [4.69, 9.17) is 4.74 Å². The molecular formula is C18H25N3O2S. The molecule has 2 aromatic rings. The fourth-order valence-corrected chi connectivity index (χ4v) is 2.96. The Morgan fingerprint density at radius 3 is 2.83 bits per heavy atom. The van der Waals surface area contributed by atoms with Crippen molar-refractivity contribution in [2.75, 3.05) is 11.9 Å². The summed E-state index contributed by atoms with van der Waals surface area (Å²) in [5.41, 5.74) is 2.21. The number of hydrogen-bond acceptors (Lipinski definition) is 5. The van der Waals surface area contributed by atoms with E-state index in [9.17, 15) is 4.79 Å². The minimum atomic E-state index is -0.220. The topological polar surface area (TPSA) is 64.1 Å². The number of benzene rings is 1. The van der Waals surface area contributed by atoms with Crippen molar-refractivity contribution in [3.8, 4) is 5.75 Å². The lowest BCUT2D eigenvalue weighted by molar-refractivity contribution is -0.118. The maximum atomic E-state index is 12.0. The molecular weight excluding hydrogens is 322 g/mol. The van der Waals surface area contributed by atoms with Crippen LogP contribution in [0.5, 0.6) is 5.75 Å². The quantitative estimate of drug-likeness (QED) is 0.772. The van der Waals surface area contributed by atoms with Crippen molar-refractivity contribution in [1.82, 2.24) is 10.2 Å². The lowest BCUT2D eigenvalue weighted by Crippen LogP contribution is -2.20. The predicted molar refractivity (Wildman–Crippen MR) is 97.9 cm³/mol. The fourth-order valence-electron chi connectivity index (χ4n) is 2.16. The van der Waals surface area contributed by atoms with Crippen molar-refractivity contribution in [2.24, 2.45) is 0 Å². The standard InChI is InChI=1S/C18H25N3O2S/c1-5-6-7-17-20-21-18(24-17)19-16(22)11-23-15-10-14(12(2)3)9-8-13(15)4/h8-10,12H,5-7,11H2,1-4H3,(H,19,21,22). The molecule has 0 saturated heterocycles. The van der Waals surface area contributed by atoms with Gasteiger partial charge in [0.05, 0.1) is 0 Å². The van der Waals surface area contributed by atoms with Gasteiger partial charge in [0.1, 0.15) is 10.8 Å². The van der Waals surface area contributed by atoms with Gasteiger partial charge in [-0.25, -0.2) is 0 Å². The van der Waals surface area contributed by atoms with E-state index >= 15 is 0 Å². The second-order valence-corrected chi connectivity index (χ2v) is 7.18. The number of hydrogen-bond donors (Lipinski definition) is 1. The molecule has 0 unspecified atom stereocenters. The van der Waals surface area contributed by atoms with Gasteiger partial charge in [-0.3, -0.25) is 10.1 Å². The summed E-state index contributed by atoms with van der Waals surface area (Å²) in [5.74, 6) is 0.949. The Hall–Kier alpha value is -1.95. The zero-order chi connectivity index (χ0) is 17.5. The van der Waals surface area contributed by atoms with Gasteiger partial charge < -0.3 is 4.74 Å². The molecule has 6 heteroatoms. The van der Waals surface area contributed by atoms with E-state index in [0.717, 1.165) is 35.6 Å². The largest absolute Gasteiger partial charge is 0.483 e. The van der Waals surface area contributed by atoms with Gasteiger partial charge in [-0.1, -0.05) is 50.7 Å². The summed E-state index contributed by atoms with van der Waals surface area (Å²) >= 11 is 1.42. The summed E-state index contributed by atoms with van der Waals surface area (Å²) in [4.78, 5) is 12.0. The molecule has 0 spiro atoms. The lowest BCUT2D eigenvalue weighted by Gasteiger charge is -2.12. The number of unbranched alkanes of at least 4 members (excludes halogenated alkanes) is 1. The van der Waals surface area contributed by atoms with E-state index in [-0.39, 0.29) is 12.5 Å². The van der Waals surface area contributed by atoms with Gasteiger partial charge in [0.15, 0.2) is 6.61 Å². The number of carbonyl (C=O) groups excluding carboxylic acids is 1. The van der Waals surface area contributed by atoms with Crippen LogP contribution in [0.2, 0.25) is 0 Å². The summed E-state index contributed by atoms with van der Waals surface area (Å²) in [6.07, 6.45) is 3.10. The van der Waals surface area contributed by atoms with Crippen LogP contribution < -0.4 is 10.1 Å². The SMILES string of the molecule is CCCCc1nnc(NC(=O)COc2cc(C(C)C)ccc2C)s1. The van der Waals surface area contributed by atoms with Crippen LogP contribution in [-0.2, 0) is 11.2 Å². The highest BCUT2D eigenvalue weighted by Gasteiger charge is 2.10. The number of carbonyl (C=O) groups is 1. The molecule has 1 aromatic heterocycles. The number of rotatable bonds is 8. The molecule has 0 fully saturated rings. The van der Waals surface area contributed by atoms with E-state index < -0.39 is 0 Å². The first-order valence-corrected chi connectivity index (χ1v) is 9.16. The van der Waals surface area contributed by atoms with Crippen LogP contribution in [0.15, 0.2) is 18.2 Å². The first-order chi connectivity index (χ1) is 11.5. The number of nitrogens with zero attached hydrogens (tertiary/aromatic N) is 2. The summed E-state index contributed by atoms with van der Waals surface area (Å²) in [5, 5.41) is 12.3. The van der Waals surface area contributed by atoms with Crippen molar-refractivity contribution in [3.63, 3.8) is 0 Å². The second kappa shape index (κ2) is 8.78. The number of aryl methyl sites for hydroxylation is 2. The van der Waals surface area contributed by atoms with Crippen molar-refractivity contribution < 1.29 is 9.53 Å². The average molecular weight is 347 g/mol. The maximum absolute atomic E-state index is 12.0. The van der Waals surface area contributed by atoms with E-state index in [1.54, 1.807) is 0 Å². The summed E-state index contributed by atoms with van der Waals surface area (Å²) in [6.45, 7) is 8.34. The smallest absolute Gasteiger partial charge is 0.264 e. The van der Waals surface area contributed by atoms with Crippen molar-refractivity contribution in [3.05, 3.63) is 34.3 Å². The van der Waals surface area contributed by atoms with Crippen molar-refractivity contribution in [1.29, 1.82) is 0 Å². The highest BCUT2D eigenvalue weighted by atomic mass is 32.1. The van der Waals surface area contributed by atoms with Crippen LogP contribution in [0.3, 0.4) is 0 Å². The monoisotopic (exact) mass is 347 g/mol. The zero-order valence-electron chi connectivity index (χ0n) is 14.8. The molecule has 130 valence electrons. The number of nitrogens with one attached hydrogen (secondary N) is 1. The van der Waals surface area contributed by atoms with Gasteiger partial charge in [-0.2, -0.15) is 0 Å². The third kappa shape index (κ3) is 5.30. The Labute approximate surface area is 147 Å². The molecule has 1 heterocycles. The Bertz CT molecular complexity index is 683. The highest BCUT2D eigenvalue weighted by molar-refractivity contribution is 7.15. The third-order valence-corrected chi connectivity index (χ3v) is 4.59. The van der Waals surface area contributed by atoms with Crippen molar-refractivity contribution in [2.45, 2.75) is 52.9 Å². The molecule has 2 rings (SSSR count). The van der Waals surface area contributed by atoms with Crippen LogP contribution in [0.4, 0.5) is 5.13 Å². The Morgan fingerprint density at radius 2 is 2.12 bits per heavy atom. The van der Waals surface area contributed by atoms with Gasteiger partial charge in [-0.05, 0) is 36.5 Å². The number of anilines is 1. The van der Waals surface area contributed by atoms with E-state index in [2.05, 4.69) is 42.4 Å². The molecule has 5 nitrogen and oxygen atoms in total. The molecule has 0 radical (unpaired) electrons. The van der Waals surface area contributed by atoms with E-state index in [0.29, 0.717) is 11.0 Å². The van der Waals surface area contributed by atoms with E-state index in [1.165, 1.54) is 16.9 Å². The van der Waals surface area contributed by atoms with Gasteiger partial charge in [0.25, 0.3) is 5.91 Å². The fraction of sp³-hybridized carbons (Fsp3) is 0.500. The Balaban J connectivity index is 1.89. The van der Waals surface area contributed by atoms with Gasteiger partial charge in [-0.15, -0.1) is 10.2 Å². The minimum Gasteiger partial charge on any atom is -0.483 e. The molecule has 1 amide bonds. The van der Waals surface area contributed by atoms with Crippen molar-refractivity contribution >= 4 is 22.4 Å².